The third-order valence-corrected chi connectivity index (χ3v) is 5.74. The molecule has 0 aromatic heterocycles. The van der Waals surface area contributed by atoms with Gasteiger partial charge in [0.25, 0.3) is 0 Å². The zero-order valence-corrected chi connectivity index (χ0v) is 17.5. The van der Waals surface area contributed by atoms with Gasteiger partial charge >= 0.3 is 0 Å². The van der Waals surface area contributed by atoms with Gasteiger partial charge in [0, 0.05) is 25.6 Å². The van der Waals surface area contributed by atoms with Crippen molar-refractivity contribution in [2.75, 3.05) is 25.0 Å². The molecule has 26 heavy (non-hydrogen) atoms. The van der Waals surface area contributed by atoms with Crippen LogP contribution >= 0.6 is 12.4 Å². The average Bonchev–Trinajstić information content (AvgIpc) is 2.55. The van der Waals surface area contributed by atoms with Crippen LogP contribution in [0.2, 0.25) is 0 Å². The van der Waals surface area contributed by atoms with Crippen molar-refractivity contribution in [2.24, 2.45) is 5.73 Å². The minimum atomic E-state index is -3.61. The molecule has 9 heteroatoms. The summed E-state index contributed by atoms with van der Waals surface area (Å²) in [6, 6.07) is 4.44. The summed E-state index contributed by atoms with van der Waals surface area (Å²) < 4.78 is 32.2. The lowest BCUT2D eigenvalue weighted by atomic mass is 10.2. The standard InChI is InChI=1S/C17H29N3O4S.ClH/c1-5-20(6-2)25(22,23)14-9-10-16(24-7-3)15(12-14)19-17(21)11-8-13(4)18;/h9-10,12-13H,5-8,11,18H2,1-4H3,(H,19,21);1H. The van der Waals surface area contributed by atoms with E-state index in [0.29, 0.717) is 37.6 Å². The van der Waals surface area contributed by atoms with Gasteiger partial charge < -0.3 is 15.8 Å². The molecule has 0 spiro atoms. The van der Waals surface area contributed by atoms with Gasteiger partial charge in [0.05, 0.1) is 17.2 Å². The first-order chi connectivity index (χ1) is 11.8. The number of rotatable bonds is 10. The molecule has 1 amide bonds. The van der Waals surface area contributed by atoms with Crippen LogP contribution in [0.1, 0.15) is 40.5 Å². The number of anilines is 1. The van der Waals surface area contributed by atoms with Gasteiger partial charge in [-0.15, -0.1) is 12.4 Å². The number of nitrogens with two attached hydrogens (primary N) is 1. The second kappa shape index (κ2) is 11.4. The van der Waals surface area contributed by atoms with Crippen molar-refractivity contribution < 1.29 is 17.9 Å². The maximum atomic E-state index is 12.7. The minimum Gasteiger partial charge on any atom is -0.492 e. The molecule has 1 aromatic rings. The fourth-order valence-electron chi connectivity index (χ4n) is 2.33. The molecular formula is C17H30ClN3O4S. The van der Waals surface area contributed by atoms with Gasteiger partial charge in [-0.1, -0.05) is 13.8 Å². The van der Waals surface area contributed by atoms with Gasteiger partial charge in [-0.25, -0.2) is 8.42 Å². The lowest BCUT2D eigenvalue weighted by Crippen LogP contribution is -2.30. The van der Waals surface area contributed by atoms with E-state index < -0.39 is 10.0 Å². The molecule has 0 aliphatic heterocycles. The monoisotopic (exact) mass is 407 g/mol. The summed E-state index contributed by atoms with van der Waals surface area (Å²) in [5.41, 5.74) is 6.02. The summed E-state index contributed by atoms with van der Waals surface area (Å²) >= 11 is 0. The largest absolute Gasteiger partial charge is 0.492 e. The van der Waals surface area contributed by atoms with Crippen molar-refractivity contribution in [3.8, 4) is 5.75 Å². The van der Waals surface area contributed by atoms with E-state index in [1.165, 1.54) is 16.4 Å². The van der Waals surface area contributed by atoms with Gasteiger partial charge in [-0.2, -0.15) is 4.31 Å². The molecule has 0 saturated heterocycles. The van der Waals surface area contributed by atoms with Crippen LogP contribution in [0.15, 0.2) is 23.1 Å². The number of nitrogens with one attached hydrogen (secondary N) is 1. The normalized spacial score (nSPS) is 12.4. The smallest absolute Gasteiger partial charge is 0.243 e. The first kappa shape index (κ1) is 24.7. The molecule has 0 bridgehead atoms. The minimum absolute atomic E-state index is 0. The van der Waals surface area contributed by atoms with Gasteiger partial charge in [0.1, 0.15) is 5.75 Å². The maximum absolute atomic E-state index is 12.7. The Bertz CT molecular complexity index is 677. The predicted octanol–water partition coefficient (Wildman–Crippen LogP) is 2.60. The lowest BCUT2D eigenvalue weighted by molar-refractivity contribution is -0.116. The SMILES string of the molecule is CCOc1ccc(S(=O)(=O)N(CC)CC)cc1NC(=O)CCC(C)N.Cl. The van der Waals surface area contributed by atoms with E-state index in [1.54, 1.807) is 19.9 Å². The Kier molecular flexibility index (Phi) is 10.8. The number of hydrogen-bond acceptors (Lipinski definition) is 5. The first-order valence-corrected chi connectivity index (χ1v) is 10.0. The molecule has 0 fully saturated rings. The third-order valence-electron chi connectivity index (χ3n) is 3.69. The molecule has 1 atom stereocenters. The topological polar surface area (TPSA) is 102 Å². The summed E-state index contributed by atoms with van der Waals surface area (Å²) in [6.07, 6.45) is 0.809. The van der Waals surface area contributed by atoms with Crippen LogP contribution in [0.25, 0.3) is 0 Å². The van der Waals surface area contributed by atoms with Crippen LogP contribution in [-0.4, -0.2) is 44.4 Å². The van der Waals surface area contributed by atoms with Crippen molar-refractivity contribution in [1.29, 1.82) is 0 Å². The van der Waals surface area contributed by atoms with E-state index in [2.05, 4.69) is 5.32 Å². The fraction of sp³-hybridized carbons (Fsp3) is 0.588. The Morgan fingerprint density at radius 3 is 2.38 bits per heavy atom. The number of benzene rings is 1. The number of sulfonamides is 1. The molecular weight excluding hydrogens is 378 g/mol. The number of amides is 1. The number of carbonyl (C=O) groups is 1. The number of ether oxygens (including phenoxy) is 1. The molecule has 0 aliphatic carbocycles. The molecule has 7 nitrogen and oxygen atoms in total. The van der Waals surface area contributed by atoms with Crippen molar-refractivity contribution in [1.82, 2.24) is 4.31 Å². The highest BCUT2D eigenvalue weighted by atomic mass is 35.5. The number of hydrogen-bond donors (Lipinski definition) is 2. The van der Waals surface area contributed by atoms with Crippen LogP contribution < -0.4 is 15.8 Å². The van der Waals surface area contributed by atoms with Crippen LogP contribution in [-0.2, 0) is 14.8 Å². The zero-order chi connectivity index (χ0) is 19.0. The molecule has 3 N–H and O–H groups in total. The number of nitrogens with zero attached hydrogens (tertiary/aromatic N) is 1. The van der Waals surface area contributed by atoms with Crippen molar-refractivity contribution in [2.45, 2.75) is 51.5 Å². The summed E-state index contributed by atoms with van der Waals surface area (Å²) in [5, 5.41) is 2.74. The number of carbonyl (C=O) groups excluding carboxylic acids is 1. The van der Waals surface area contributed by atoms with Crippen LogP contribution in [0.5, 0.6) is 5.75 Å². The van der Waals surface area contributed by atoms with Crippen LogP contribution in [0, 0.1) is 0 Å². The Balaban J connectivity index is 0.00000625. The Morgan fingerprint density at radius 1 is 1.27 bits per heavy atom. The quantitative estimate of drug-likeness (QED) is 0.620. The Hall–Kier alpha value is -1.35. The average molecular weight is 408 g/mol. The van der Waals surface area contributed by atoms with E-state index in [9.17, 15) is 13.2 Å². The van der Waals surface area contributed by atoms with Gasteiger partial charge in [-0.3, -0.25) is 4.79 Å². The molecule has 1 unspecified atom stereocenters. The third kappa shape index (κ3) is 6.75. The summed E-state index contributed by atoms with van der Waals surface area (Å²) in [4.78, 5) is 12.2. The van der Waals surface area contributed by atoms with E-state index in [1.807, 2.05) is 13.8 Å². The zero-order valence-electron chi connectivity index (χ0n) is 15.8. The summed E-state index contributed by atoms with van der Waals surface area (Å²) in [6.45, 7) is 8.38. The van der Waals surface area contributed by atoms with E-state index >= 15 is 0 Å². The van der Waals surface area contributed by atoms with Crippen molar-refractivity contribution in [3.05, 3.63) is 18.2 Å². The summed E-state index contributed by atoms with van der Waals surface area (Å²) in [5.74, 6) is 0.214. The van der Waals surface area contributed by atoms with Crippen LogP contribution in [0.3, 0.4) is 0 Å². The molecule has 0 radical (unpaired) electrons. The van der Waals surface area contributed by atoms with Gasteiger partial charge in [-0.05, 0) is 38.5 Å². The second-order valence-corrected chi connectivity index (χ2v) is 7.68. The van der Waals surface area contributed by atoms with Crippen molar-refractivity contribution >= 4 is 34.0 Å². The fourth-order valence-corrected chi connectivity index (χ4v) is 3.82. The molecule has 150 valence electrons. The Morgan fingerprint density at radius 2 is 1.88 bits per heavy atom. The van der Waals surface area contributed by atoms with Crippen molar-refractivity contribution in [3.63, 3.8) is 0 Å². The summed E-state index contributed by atoms with van der Waals surface area (Å²) in [7, 11) is -3.61. The molecule has 0 aliphatic rings. The van der Waals surface area contributed by atoms with E-state index in [4.69, 9.17) is 10.5 Å². The lowest BCUT2D eigenvalue weighted by Gasteiger charge is -2.20. The van der Waals surface area contributed by atoms with Gasteiger partial charge in [0.15, 0.2) is 0 Å². The maximum Gasteiger partial charge on any atom is 0.243 e. The highest BCUT2D eigenvalue weighted by Gasteiger charge is 2.23. The molecule has 0 saturated carbocycles. The van der Waals surface area contributed by atoms with Crippen LogP contribution in [0.4, 0.5) is 5.69 Å². The Labute approximate surface area is 162 Å². The van der Waals surface area contributed by atoms with E-state index in [-0.39, 0.29) is 35.7 Å². The molecule has 1 aromatic carbocycles. The second-order valence-electron chi connectivity index (χ2n) is 5.74. The predicted molar refractivity (Wildman–Crippen MR) is 106 cm³/mol. The highest BCUT2D eigenvalue weighted by molar-refractivity contribution is 7.89. The molecule has 1 rings (SSSR count). The van der Waals surface area contributed by atoms with Gasteiger partial charge in [0.2, 0.25) is 15.9 Å². The number of halogens is 1. The first-order valence-electron chi connectivity index (χ1n) is 8.58. The van der Waals surface area contributed by atoms with E-state index in [0.717, 1.165) is 0 Å². The highest BCUT2D eigenvalue weighted by Crippen LogP contribution is 2.29. The molecule has 0 heterocycles.